The molecule has 2 fully saturated rings. The lowest BCUT2D eigenvalue weighted by atomic mass is 9.88. The van der Waals surface area contributed by atoms with Crippen molar-refractivity contribution in [3.63, 3.8) is 0 Å². The first-order chi connectivity index (χ1) is 11.3. The predicted molar refractivity (Wildman–Crippen MR) is 91.5 cm³/mol. The summed E-state index contributed by atoms with van der Waals surface area (Å²) < 4.78 is 0. The lowest BCUT2D eigenvalue weighted by Gasteiger charge is -2.33. The summed E-state index contributed by atoms with van der Waals surface area (Å²) >= 11 is 0. The molecule has 1 amide bonds. The Labute approximate surface area is 138 Å². The van der Waals surface area contributed by atoms with Crippen LogP contribution in [0.2, 0.25) is 0 Å². The van der Waals surface area contributed by atoms with Gasteiger partial charge < -0.3 is 15.3 Å². The zero-order valence-corrected chi connectivity index (χ0v) is 13.7. The van der Waals surface area contributed by atoms with Crippen LogP contribution < -0.4 is 10.2 Å². The summed E-state index contributed by atoms with van der Waals surface area (Å²) in [5.74, 6) is 1.56. The van der Waals surface area contributed by atoms with Crippen LogP contribution in [0.25, 0.3) is 0 Å². The quantitative estimate of drug-likeness (QED) is 0.896. The van der Waals surface area contributed by atoms with Gasteiger partial charge in [0, 0.05) is 31.8 Å². The number of aromatic nitrogens is 1. The number of pyridine rings is 1. The molecule has 0 bridgehead atoms. The highest BCUT2D eigenvalue weighted by Crippen LogP contribution is 2.30. The van der Waals surface area contributed by atoms with E-state index in [1.165, 1.54) is 6.42 Å². The highest BCUT2D eigenvalue weighted by atomic mass is 16.3. The number of hydrogen-bond donors (Lipinski definition) is 2. The predicted octanol–water partition coefficient (Wildman–Crippen LogP) is 2.81. The summed E-state index contributed by atoms with van der Waals surface area (Å²) in [6.07, 6.45) is 9.31. The van der Waals surface area contributed by atoms with Crippen molar-refractivity contribution in [3.05, 3.63) is 18.3 Å². The van der Waals surface area contributed by atoms with E-state index in [0.717, 1.165) is 63.1 Å². The van der Waals surface area contributed by atoms with Crippen LogP contribution in [0.3, 0.4) is 0 Å². The number of carbonyl (C=O) groups is 1. The molecule has 1 saturated heterocycles. The van der Waals surface area contributed by atoms with Crippen molar-refractivity contribution in [1.82, 2.24) is 4.98 Å². The van der Waals surface area contributed by atoms with Gasteiger partial charge in [-0.2, -0.15) is 0 Å². The van der Waals surface area contributed by atoms with Crippen LogP contribution in [0.1, 0.15) is 44.9 Å². The van der Waals surface area contributed by atoms with Crippen LogP contribution in [0.4, 0.5) is 11.5 Å². The van der Waals surface area contributed by atoms with E-state index in [1.807, 2.05) is 12.1 Å². The van der Waals surface area contributed by atoms with Crippen molar-refractivity contribution in [3.8, 4) is 0 Å². The molecule has 1 aromatic heterocycles. The lowest BCUT2D eigenvalue weighted by molar-refractivity contribution is -0.120. The van der Waals surface area contributed by atoms with Gasteiger partial charge >= 0.3 is 0 Å². The van der Waals surface area contributed by atoms with Gasteiger partial charge in [-0.05, 0) is 43.7 Å². The zero-order chi connectivity index (χ0) is 16.1. The van der Waals surface area contributed by atoms with Gasteiger partial charge in [0.1, 0.15) is 0 Å². The van der Waals surface area contributed by atoms with Gasteiger partial charge in [-0.25, -0.2) is 4.98 Å². The fraction of sp³-hybridized carbons (Fsp3) is 0.667. The standard InChI is InChI=1S/C18H27N3O2/c22-13-14-8-11-21(12-9-14)17-16(7-4-10-19-17)20-18(23)15-5-2-1-3-6-15/h4,7,10,14-15,22H,1-3,5-6,8-9,11-13H2,(H,20,23). The second-order valence-corrected chi connectivity index (χ2v) is 6.81. The van der Waals surface area contributed by atoms with E-state index in [-0.39, 0.29) is 18.4 Å². The Kier molecular flexibility index (Phi) is 5.49. The van der Waals surface area contributed by atoms with Crippen molar-refractivity contribution in [1.29, 1.82) is 0 Å². The van der Waals surface area contributed by atoms with E-state index in [0.29, 0.717) is 5.92 Å². The molecule has 0 aromatic carbocycles. The molecule has 23 heavy (non-hydrogen) atoms. The number of rotatable bonds is 4. The molecule has 3 rings (SSSR count). The Morgan fingerprint density at radius 3 is 2.65 bits per heavy atom. The van der Waals surface area contributed by atoms with Crippen molar-refractivity contribution >= 4 is 17.4 Å². The Morgan fingerprint density at radius 1 is 1.22 bits per heavy atom. The zero-order valence-electron chi connectivity index (χ0n) is 13.7. The summed E-state index contributed by atoms with van der Waals surface area (Å²) in [7, 11) is 0. The number of amides is 1. The first kappa shape index (κ1) is 16.2. The molecule has 0 radical (unpaired) electrons. The number of nitrogens with zero attached hydrogens (tertiary/aromatic N) is 2. The number of piperidine rings is 1. The third-order valence-electron chi connectivity index (χ3n) is 5.19. The van der Waals surface area contributed by atoms with Crippen LogP contribution in [0.15, 0.2) is 18.3 Å². The van der Waals surface area contributed by atoms with Crippen molar-refractivity contribution in [2.75, 3.05) is 29.9 Å². The maximum Gasteiger partial charge on any atom is 0.227 e. The van der Waals surface area contributed by atoms with E-state index < -0.39 is 0 Å². The monoisotopic (exact) mass is 317 g/mol. The first-order valence-corrected chi connectivity index (χ1v) is 8.89. The molecule has 1 aliphatic heterocycles. The number of anilines is 2. The Bertz CT molecular complexity index is 521. The minimum atomic E-state index is 0.143. The smallest absolute Gasteiger partial charge is 0.227 e. The topological polar surface area (TPSA) is 65.5 Å². The average molecular weight is 317 g/mol. The summed E-state index contributed by atoms with van der Waals surface area (Å²) in [5, 5.41) is 12.4. The lowest BCUT2D eigenvalue weighted by Crippen LogP contribution is -2.36. The van der Waals surface area contributed by atoms with Gasteiger partial charge in [-0.3, -0.25) is 4.79 Å². The molecule has 1 aromatic rings. The molecule has 1 saturated carbocycles. The highest BCUT2D eigenvalue weighted by Gasteiger charge is 2.24. The van der Waals surface area contributed by atoms with Crippen molar-refractivity contribution in [2.24, 2.45) is 11.8 Å². The summed E-state index contributed by atoms with van der Waals surface area (Å²) in [6, 6.07) is 3.82. The fourth-order valence-electron chi connectivity index (χ4n) is 3.67. The molecule has 0 spiro atoms. The maximum atomic E-state index is 12.5. The van der Waals surface area contributed by atoms with Gasteiger partial charge in [-0.15, -0.1) is 0 Å². The van der Waals surface area contributed by atoms with Crippen molar-refractivity contribution in [2.45, 2.75) is 44.9 Å². The van der Waals surface area contributed by atoms with Crippen LogP contribution >= 0.6 is 0 Å². The summed E-state index contributed by atoms with van der Waals surface area (Å²) in [5.41, 5.74) is 0.825. The Hall–Kier alpha value is -1.62. The first-order valence-electron chi connectivity index (χ1n) is 8.89. The second kappa shape index (κ2) is 7.77. The highest BCUT2D eigenvalue weighted by molar-refractivity contribution is 5.95. The van der Waals surface area contributed by atoms with E-state index in [2.05, 4.69) is 15.2 Å². The molecule has 2 N–H and O–H groups in total. The Morgan fingerprint density at radius 2 is 1.96 bits per heavy atom. The largest absolute Gasteiger partial charge is 0.396 e. The number of aliphatic hydroxyl groups is 1. The fourth-order valence-corrected chi connectivity index (χ4v) is 3.67. The van der Waals surface area contributed by atoms with Crippen LogP contribution in [-0.4, -0.2) is 35.7 Å². The minimum absolute atomic E-state index is 0.143. The summed E-state index contributed by atoms with van der Waals surface area (Å²) in [6.45, 7) is 2.03. The molecule has 0 atom stereocenters. The maximum absolute atomic E-state index is 12.5. The number of aliphatic hydroxyl groups excluding tert-OH is 1. The number of carbonyl (C=O) groups excluding carboxylic acids is 1. The molecule has 1 aliphatic carbocycles. The van der Waals surface area contributed by atoms with E-state index >= 15 is 0 Å². The minimum Gasteiger partial charge on any atom is -0.396 e. The van der Waals surface area contributed by atoms with E-state index in [1.54, 1.807) is 6.20 Å². The third-order valence-corrected chi connectivity index (χ3v) is 5.19. The molecule has 2 heterocycles. The van der Waals surface area contributed by atoms with Crippen LogP contribution in [0, 0.1) is 11.8 Å². The van der Waals surface area contributed by atoms with Crippen LogP contribution in [-0.2, 0) is 4.79 Å². The molecule has 5 nitrogen and oxygen atoms in total. The van der Waals surface area contributed by atoms with E-state index in [4.69, 9.17) is 0 Å². The number of nitrogens with one attached hydrogen (secondary N) is 1. The Balaban J connectivity index is 1.67. The molecule has 5 heteroatoms. The van der Waals surface area contributed by atoms with Gasteiger partial charge in [0.25, 0.3) is 0 Å². The molecule has 2 aliphatic rings. The summed E-state index contributed by atoms with van der Waals surface area (Å²) in [4.78, 5) is 19.2. The van der Waals surface area contributed by atoms with Crippen LogP contribution in [0.5, 0.6) is 0 Å². The number of hydrogen-bond acceptors (Lipinski definition) is 4. The van der Waals surface area contributed by atoms with Gasteiger partial charge in [0.15, 0.2) is 5.82 Å². The second-order valence-electron chi connectivity index (χ2n) is 6.81. The normalized spacial score (nSPS) is 20.5. The van der Waals surface area contributed by atoms with Gasteiger partial charge in [-0.1, -0.05) is 19.3 Å². The van der Waals surface area contributed by atoms with E-state index in [9.17, 15) is 9.90 Å². The van der Waals surface area contributed by atoms with Gasteiger partial charge in [0.2, 0.25) is 5.91 Å². The average Bonchev–Trinajstić information content (AvgIpc) is 2.63. The van der Waals surface area contributed by atoms with Gasteiger partial charge in [0.05, 0.1) is 5.69 Å². The third kappa shape index (κ3) is 4.02. The van der Waals surface area contributed by atoms with Crippen molar-refractivity contribution < 1.29 is 9.90 Å². The molecule has 126 valence electrons. The molecule has 0 unspecified atom stereocenters. The molecular formula is C18H27N3O2. The molecular weight excluding hydrogens is 290 g/mol. The SMILES string of the molecule is O=C(Nc1cccnc1N1CCC(CO)CC1)C1CCCCC1.